The van der Waals surface area contributed by atoms with Gasteiger partial charge in [-0.2, -0.15) is 0 Å². The molecule has 0 spiro atoms. The van der Waals surface area contributed by atoms with Crippen LogP contribution in [0.5, 0.6) is 5.75 Å². The normalized spacial score (nSPS) is 13.6. The van der Waals surface area contributed by atoms with Crippen LogP contribution in [-0.2, 0) is 4.74 Å². The minimum atomic E-state index is -0.502. The van der Waals surface area contributed by atoms with E-state index in [4.69, 9.17) is 25.6 Å². The van der Waals surface area contributed by atoms with Gasteiger partial charge in [0, 0.05) is 37.5 Å². The predicted molar refractivity (Wildman–Crippen MR) is 154 cm³/mol. The predicted octanol–water partition coefficient (Wildman–Crippen LogP) is 5.37. The van der Waals surface area contributed by atoms with E-state index in [2.05, 4.69) is 31.0 Å². The molecule has 3 N–H and O–H groups in total. The number of carbonyl (C=O) groups is 2. The number of hydrogen-bond acceptors (Lipinski definition) is 9. The van der Waals surface area contributed by atoms with Gasteiger partial charge in [0.15, 0.2) is 10.9 Å². The smallest absolute Gasteiger partial charge is 0.324 e. The number of urea groups is 1. The number of aryl methyl sites for hydroxylation is 1. The second kappa shape index (κ2) is 12.9. The Morgan fingerprint density at radius 2 is 1.88 bits per heavy atom. The highest BCUT2D eigenvalue weighted by atomic mass is 35.5. The van der Waals surface area contributed by atoms with Gasteiger partial charge in [0.1, 0.15) is 18.1 Å². The van der Waals surface area contributed by atoms with E-state index in [1.165, 1.54) is 11.3 Å². The lowest BCUT2D eigenvalue weighted by Crippen LogP contribution is -2.38. The fourth-order valence-electron chi connectivity index (χ4n) is 3.92. The van der Waals surface area contributed by atoms with Crippen LogP contribution in [0.15, 0.2) is 59.3 Å². The van der Waals surface area contributed by atoms with Gasteiger partial charge < -0.3 is 19.3 Å². The molecule has 13 heteroatoms. The van der Waals surface area contributed by atoms with E-state index < -0.39 is 6.03 Å². The monoisotopic (exact) mass is 582 g/mol. The molecule has 1 aliphatic rings. The molecule has 11 nitrogen and oxygen atoms in total. The molecule has 0 saturated carbocycles. The molecule has 0 unspecified atom stereocenters. The molecule has 1 fully saturated rings. The number of thiazole rings is 1. The number of halogens is 1. The van der Waals surface area contributed by atoms with E-state index in [9.17, 15) is 9.59 Å². The quantitative estimate of drug-likeness (QED) is 0.240. The number of hydrogen-bond donors (Lipinski definition) is 3. The van der Waals surface area contributed by atoms with Crippen LogP contribution in [0, 0.1) is 6.92 Å². The van der Waals surface area contributed by atoms with E-state index in [0.29, 0.717) is 45.3 Å². The second-order valence-electron chi connectivity index (χ2n) is 8.91. The maximum atomic E-state index is 12.7. The van der Waals surface area contributed by atoms with Gasteiger partial charge in [-0.25, -0.2) is 9.78 Å². The third-order valence-electron chi connectivity index (χ3n) is 5.99. The molecule has 5 rings (SSSR count). The summed E-state index contributed by atoms with van der Waals surface area (Å²) in [5.41, 5.74) is 1.71. The van der Waals surface area contributed by atoms with Crippen LogP contribution in [0.3, 0.4) is 0 Å². The fourth-order valence-corrected chi connectivity index (χ4v) is 4.95. The summed E-state index contributed by atoms with van der Waals surface area (Å²) in [6, 6.07) is 13.3. The molecule has 208 valence electrons. The highest BCUT2D eigenvalue weighted by molar-refractivity contribution is 7.19. The van der Waals surface area contributed by atoms with E-state index in [-0.39, 0.29) is 5.91 Å². The number of rotatable bonds is 9. The average Bonchev–Trinajstić information content (AvgIpc) is 3.59. The van der Waals surface area contributed by atoms with Crippen molar-refractivity contribution < 1.29 is 23.6 Å². The van der Waals surface area contributed by atoms with Crippen LogP contribution >= 0.6 is 22.9 Å². The van der Waals surface area contributed by atoms with Crippen LogP contribution in [0.25, 0.3) is 10.4 Å². The average molecular weight is 583 g/mol. The van der Waals surface area contributed by atoms with E-state index in [1.807, 2.05) is 0 Å². The maximum Gasteiger partial charge on any atom is 0.324 e. The van der Waals surface area contributed by atoms with Gasteiger partial charge in [-0.05, 0) is 48.9 Å². The zero-order valence-corrected chi connectivity index (χ0v) is 23.2. The van der Waals surface area contributed by atoms with Crippen molar-refractivity contribution >= 4 is 51.5 Å². The Morgan fingerprint density at radius 3 is 2.60 bits per heavy atom. The summed E-state index contributed by atoms with van der Waals surface area (Å²) >= 11 is 7.72. The van der Waals surface area contributed by atoms with Crippen LogP contribution in [0.4, 0.5) is 21.4 Å². The summed E-state index contributed by atoms with van der Waals surface area (Å²) in [6.07, 6.45) is 1.66. The fraction of sp³-hybridized carbons (Fsp3) is 0.259. The van der Waals surface area contributed by atoms with Crippen molar-refractivity contribution in [1.82, 2.24) is 15.0 Å². The third-order valence-corrected chi connectivity index (χ3v) is 7.27. The van der Waals surface area contributed by atoms with Crippen LogP contribution in [-0.4, -0.2) is 66.4 Å². The molecule has 3 heterocycles. The van der Waals surface area contributed by atoms with Gasteiger partial charge in [0.2, 0.25) is 0 Å². The molecule has 2 aromatic heterocycles. The summed E-state index contributed by atoms with van der Waals surface area (Å²) in [5.74, 6) is 1.32. The SMILES string of the molecule is Cc1cc(NC(=O)Nc2ccc(-c3cnc(NC(=O)c4ccc(OCCN5CCOCC5)cc4)s3)cc2Cl)no1. The number of amides is 3. The lowest BCUT2D eigenvalue weighted by Gasteiger charge is -2.26. The molecule has 1 aliphatic heterocycles. The third kappa shape index (κ3) is 7.36. The Hall–Kier alpha value is -3.97. The Labute approximate surface area is 239 Å². The first-order valence-electron chi connectivity index (χ1n) is 12.5. The lowest BCUT2D eigenvalue weighted by molar-refractivity contribution is 0.0322. The zero-order valence-electron chi connectivity index (χ0n) is 21.6. The van der Waals surface area contributed by atoms with Crippen molar-refractivity contribution in [3.8, 4) is 16.2 Å². The molecule has 1 saturated heterocycles. The van der Waals surface area contributed by atoms with Crippen molar-refractivity contribution in [2.75, 3.05) is 55.4 Å². The molecule has 0 atom stereocenters. The van der Waals surface area contributed by atoms with Crippen molar-refractivity contribution in [3.05, 3.63) is 71.1 Å². The molecule has 3 amide bonds. The van der Waals surface area contributed by atoms with Crippen molar-refractivity contribution in [1.29, 1.82) is 0 Å². The van der Waals surface area contributed by atoms with E-state index in [0.717, 1.165) is 43.3 Å². The van der Waals surface area contributed by atoms with Gasteiger partial charge in [-0.15, -0.1) is 0 Å². The molecular weight excluding hydrogens is 556 g/mol. The Balaban J connectivity index is 1.12. The van der Waals surface area contributed by atoms with E-state index >= 15 is 0 Å². The number of anilines is 3. The van der Waals surface area contributed by atoms with Crippen LogP contribution in [0.1, 0.15) is 16.1 Å². The Morgan fingerprint density at radius 1 is 1.07 bits per heavy atom. The molecule has 0 aliphatic carbocycles. The number of morpholine rings is 1. The van der Waals surface area contributed by atoms with Gasteiger partial charge in [-0.3, -0.25) is 20.3 Å². The molecule has 0 bridgehead atoms. The van der Waals surface area contributed by atoms with Crippen molar-refractivity contribution in [3.63, 3.8) is 0 Å². The summed E-state index contributed by atoms with van der Waals surface area (Å²) in [6.45, 7) is 6.48. The first kappa shape index (κ1) is 27.6. The minimum Gasteiger partial charge on any atom is -0.492 e. The molecule has 0 radical (unpaired) electrons. The Bertz CT molecular complexity index is 1470. The van der Waals surface area contributed by atoms with Gasteiger partial charge in [0.25, 0.3) is 5.91 Å². The summed E-state index contributed by atoms with van der Waals surface area (Å²) < 4.78 is 16.1. The van der Waals surface area contributed by atoms with Crippen molar-refractivity contribution in [2.24, 2.45) is 0 Å². The molecule has 4 aromatic rings. The van der Waals surface area contributed by atoms with Gasteiger partial charge in [0.05, 0.1) is 28.8 Å². The maximum absolute atomic E-state index is 12.7. The summed E-state index contributed by atoms with van der Waals surface area (Å²) in [5, 5.41) is 12.6. The van der Waals surface area contributed by atoms with Gasteiger partial charge >= 0.3 is 6.03 Å². The molecular formula is C27H27ClN6O5S. The van der Waals surface area contributed by atoms with E-state index in [1.54, 1.807) is 61.7 Å². The number of carbonyl (C=O) groups excluding carboxylic acids is 2. The number of nitrogens with zero attached hydrogens (tertiary/aromatic N) is 3. The minimum absolute atomic E-state index is 0.272. The number of aromatic nitrogens is 2. The van der Waals surface area contributed by atoms with Gasteiger partial charge in [-0.1, -0.05) is 34.2 Å². The summed E-state index contributed by atoms with van der Waals surface area (Å²) in [4.78, 5) is 32.4. The number of ether oxygens (including phenoxy) is 2. The Kier molecular flexibility index (Phi) is 8.91. The topological polar surface area (TPSA) is 131 Å². The van der Waals surface area contributed by atoms with Crippen LogP contribution < -0.4 is 20.7 Å². The highest BCUT2D eigenvalue weighted by Crippen LogP contribution is 2.33. The highest BCUT2D eigenvalue weighted by Gasteiger charge is 2.14. The largest absolute Gasteiger partial charge is 0.492 e. The standard InChI is InChI=1S/C27H27ClN6O5S/c1-17-14-24(33-39-17)31-26(36)30-22-7-4-19(15-21(22)28)23-16-29-27(40-23)32-25(35)18-2-5-20(6-3-18)38-13-10-34-8-11-37-12-9-34/h2-7,14-16H,8-13H2,1H3,(H,29,32,35)(H2,30,31,33,36). The lowest BCUT2D eigenvalue weighted by atomic mass is 10.2. The second-order valence-corrected chi connectivity index (χ2v) is 10.3. The van der Waals surface area contributed by atoms with Crippen molar-refractivity contribution in [2.45, 2.75) is 6.92 Å². The zero-order chi connectivity index (χ0) is 27.9. The number of benzene rings is 2. The molecule has 40 heavy (non-hydrogen) atoms. The molecule has 2 aromatic carbocycles. The summed E-state index contributed by atoms with van der Waals surface area (Å²) in [7, 11) is 0. The first-order chi connectivity index (χ1) is 19.4. The van der Waals surface area contributed by atoms with Crippen LogP contribution in [0.2, 0.25) is 5.02 Å². The first-order valence-corrected chi connectivity index (χ1v) is 13.7. The number of nitrogens with one attached hydrogen (secondary N) is 3.